The van der Waals surface area contributed by atoms with Gasteiger partial charge in [-0.05, 0) is 36.5 Å². The summed E-state index contributed by atoms with van der Waals surface area (Å²) in [7, 11) is 1.50. The van der Waals surface area contributed by atoms with Crippen LogP contribution in [0.1, 0.15) is 12.8 Å². The molecule has 3 fully saturated rings. The molecule has 0 bridgehead atoms. The number of methoxy groups -OCH3 is 1. The summed E-state index contributed by atoms with van der Waals surface area (Å²) in [6, 6.07) is 0. The van der Waals surface area contributed by atoms with Crippen LogP contribution >= 0.6 is 0 Å². The van der Waals surface area contributed by atoms with Crippen LogP contribution in [0.2, 0.25) is 0 Å². The van der Waals surface area contributed by atoms with Crippen molar-refractivity contribution in [3.63, 3.8) is 0 Å². The molecule has 0 aromatic carbocycles. The van der Waals surface area contributed by atoms with Crippen LogP contribution in [-0.4, -0.2) is 13.1 Å². The molecule has 3 aliphatic carbocycles. The monoisotopic (exact) mass is 152 g/mol. The van der Waals surface area contributed by atoms with Crippen molar-refractivity contribution in [2.45, 2.75) is 12.8 Å². The van der Waals surface area contributed by atoms with Crippen molar-refractivity contribution in [1.82, 2.24) is 0 Å². The maximum atomic E-state index is 11.2. The third kappa shape index (κ3) is 0.534. The molecule has 0 radical (unpaired) electrons. The largest absolute Gasteiger partial charge is 0.469 e. The minimum atomic E-state index is 0.0460. The quantitative estimate of drug-likeness (QED) is 0.525. The van der Waals surface area contributed by atoms with E-state index in [4.69, 9.17) is 4.74 Å². The van der Waals surface area contributed by atoms with E-state index in [-0.39, 0.29) is 11.9 Å². The Bertz CT molecular complexity index is 224. The van der Waals surface area contributed by atoms with Gasteiger partial charge in [0.25, 0.3) is 0 Å². The van der Waals surface area contributed by atoms with Crippen LogP contribution in [0.15, 0.2) is 0 Å². The Labute approximate surface area is 65.9 Å². The van der Waals surface area contributed by atoms with Gasteiger partial charge in [-0.2, -0.15) is 0 Å². The lowest BCUT2D eigenvalue weighted by Gasteiger charge is -2.26. The Balaban J connectivity index is 1.78. The zero-order chi connectivity index (χ0) is 7.59. The van der Waals surface area contributed by atoms with Crippen LogP contribution < -0.4 is 0 Å². The number of fused-ring (bicyclic) bond motifs is 1. The molecule has 2 heteroatoms. The summed E-state index contributed by atoms with van der Waals surface area (Å²) in [5.74, 6) is 3.84. The molecule has 60 valence electrons. The number of hydrogen-bond donors (Lipinski definition) is 0. The molecule has 2 nitrogen and oxygen atoms in total. The number of hydrogen-bond acceptors (Lipinski definition) is 2. The lowest BCUT2D eigenvalue weighted by Crippen LogP contribution is -2.24. The highest BCUT2D eigenvalue weighted by Crippen LogP contribution is 2.75. The van der Waals surface area contributed by atoms with E-state index in [1.807, 2.05) is 0 Å². The lowest BCUT2D eigenvalue weighted by molar-refractivity contribution is -0.146. The fourth-order valence-electron chi connectivity index (χ4n) is 3.43. The fraction of sp³-hybridized carbons (Fsp3) is 0.889. The standard InChI is InChI=1S/C9H12O2/c1-11-9(10)6-3-4-2-5-7(4)8(5)6/h4-8H,2-3H2,1H3/t4-,5-,6-,7-,8+/m1/s1. The van der Waals surface area contributed by atoms with Gasteiger partial charge >= 0.3 is 5.97 Å². The number of esters is 1. The Kier molecular flexibility index (Phi) is 0.890. The van der Waals surface area contributed by atoms with Gasteiger partial charge in [0.15, 0.2) is 0 Å². The Morgan fingerprint density at radius 1 is 1.36 bits per heavy atom. The molecule has 0 heterocycles. The van der Waals surface area contributed by atoms with Gasteiger partial charge in [0.2, 0.25) is 0 Å². The third-order valence-corrected chi connectivity index (χ3v) is 3.94. The number of ether oxygens (including phenoxy) is 1. The molecule has 3 rings (SSSR count). The maximum absolute atomic E-state index is 11.2. The molecule has 0 aromatic rings. The molecular weight excluding hydrogens is 140 g/mol. The molecule has 0 aliphatic heterocycles. The topological polar surface area (TPSA) is 26.3 Å². The third-order valence-electron chi connectivity index (χ3n) is 3.94. The highest BCUT2D eigenvalue weighted by molar-refractivity contribution is 5.74. The van der Waals surface area contributed by atoms with Crippen molar-refractivity contribution in [3.05, 3.63) is 0 Å². The van der Waals surface area contributed by atoms with E-state index in [9.17, 15) is 4.79 Å². The average Bonchev–Trinajstić information content (AvgIpc) is 2.47. The van der Waals surface area contributed by atoms with E-state index < -0.39 is 0 Å². The van der Waals surface area contributed by atoms with Gasteiger partial charge < -0.3 is 4.74 Å². The van der Waals surface area contributed by atoms with Gasteiger partial charge in [-0.1, -0.05) is 0 Å². The summed E-state index contributed by atoms with van der Waals surface area (Å²) < 4.78 is 4.76. The maximum Gasteiger partial charge on any atom is 0.308 e. The van der Waals surface area contributed by atoms with Crippen LogP contribution in [0.4, 0.5) is 0 Å². The van der Waals surface area contributed by atoms with E-state index in [0.717, 1.165) is 30.1 Å². The van der Waals surface area contributed by atoms with Crippen LogP contribution in [0.5, 0.6) is 0 Å². The van der Waals surface area contributed by atoms with Gasteiger partial charge in [-0.25, -0.2) is 0 Å². The molecule has 3 saturated carbocycles. The van der Waals surface area contributed by atoms with E-state index in [0.29, 0.717) is 0 Å². The van der Waals surface area contributed by atoms with Crippen molar-refractivity contribution in [2.24, 2.45) is 29.6 Å². The molecule has 0 N–H and O–H groups in total. The molecule has 5 atom stereocenters. The Morgan fingerprint density at radius 2 is 2.18 bits per heavy atom. The molecule has 3 aliphatic rings. The van der Waals surface area contributed by atoms with Crippen LogP contribution in [-0.2, 0) is 9.53 Å². The van der Waals surface area contributed by atoms with Crippen molar-refractivity contribution in [3.8, 4) is 0 Å². The first kappa shape index (κ1) is 6.04. The molecule has 0 unspecified atom stereocenters. The first-order chi connectivity index (χ1) is 5.33. The first-order valence-electron chi connectivity index (χ1n) is 4.40. The van der Waals surface area contributed by atoms with Gasteiger partial charge in [-0.15, -0.1) is 0 Å². The molecule has 0 amide bonds. The normalized spacial score (nSPS) is 56.3. The van der Waals surface area contributed by atoms with Crippen molar-refractivity contribution < 1.29 is 9.53 Å². The summed E-state index contributed by atoms with van der Waals surface area (Å²) >= 11 is 0. The zero-order valence-corrected chi connectivity index (χ0v) is 6.62. The van der Waals surface area contributed by atoms with Crippen LogP contribution in [0.3, 0.4) is 0 Å². The van der Waals surface area contributed by atoms with E-state index >= 15 is 0 Å². The van der Waals surface area contributed by atoms with E-state index in [1.54, 1.807) is 0 Å². The highest BCUT2D eigenvalue weighted by Gasteiger charge is 2.71. The summed E-state index contributed by atoms with van der Waals surface area (Å²) in [6.45, 7) is 0. The number of rotatable bonds is 1. The van der Waals surface area contributed by atoms with Gasteiger partial charge in [-0.3, -0.25) is 4.79 Å². The minimum Gasteiger partial charge on any atom is -0.469 e. The van der Waals surface area contributed by atoms with Crippen LogP contribution in [0, 0.1) is 29.6 Å². The lowest BCUT2D eigenvalue weighted by atomic mass is 9.79. The first-order valence-corrected chi connectivity index (χ1v) is 4.40. The molecule has 0 spiro atoms. The predicted molar refractivity (Wildman–Crippen MR) is 38.7 cm³/mol. The van der Waals surface area contributed by atoms with Gasteiger partial charge in [0.1, 0.15) is 0 Å². The summed E-state index contributed by atoms with van der Waals surface area (Å²) in [6.07, 6.45) is 2.53. The van der Waals surface area contributed by atoms with Crippen molar-refractivity contribution in [2.75, 3.05) is 7.11 Å². The van der Waals surface area contributed by atoms with Gasteiger partial charge in [0, 0.05) is 0 Å². The smallest absolute Gasteiger partial charge is 0.308 e. The number of carbonyl (C=O) groups is 1. The van der Waals surface area contributed by atoms with Gasteiger partial charge in [0.05, 0.1) is 13.0 Å². The second-order valence-electron chi connectivity index (χ2n) is 4.18. The summed E-state index contributed by atoms with van der Waals surface area (Å²) in [4.78, 5) is 11.2. The van der Waals surface area contributed by atoms with E-state index in [1.165, 1.54) is 13.5 Å². The molecular formula is C9H12O2. The van der Waals surface area contributed by atoms with Crippen molar-refractivity contribution >= 4 is 5.97 Å². The van der Waals surface area contributed by atoms with Crippen molar-refractivity contribution in [1.29, 1.82) is 0 Å². The Morgan fingerprint density at radius 3 is 2.64 bits per heavy atom. The zero-order valence-electron chi connectivity index (χ0n) is 6.62. The SMILES string of the molecule is COC(=O)[C@@H]1C[C@H]2C[C@@H]3[C@@H]2[C@@H]31. The number of carbonyl (C=O) groups excluding carboxylic acids is 1. The summed E-state index contributed by atoms with van der Waals surface area (Å²) in [5, 5.41) is 0. The highest BCUT2D eigenvalue weighted by atomic mass is 16.5. The second-order valence-corrected chi connectivity index (χ2v) is 4.18. The van der Waals surface area contributed by atoms with Crippen LogP contribution in [0.25, 0.3) is 0 Å². The average molecular weight is 152 g/mol. The molecule has 0 saturated heterocycles. The molecule has 11 heavy (non-hydrogen) atoms. The predicted octanol–water partition coefficient (Wildman–Crippen LogP) is 1.06. The summed E-state index contributed by atoms with van der Waals surface area (Å²) in [5.41, 5.74) is 0. The minimum absolute atomic E-state index is 0.0460. The Hall–Kier alpha value is -0.530. The molecule has 0 aromatic heterocycles. The van der Waals surface area contributed by atoms with E-state index in [2.05, 4.69) is 0 Å². The fourth-order valence-corrected chi connectivity index (χ4v) is 3.43. The second kappa shape index (κ2) is 1.62.